The number of allylic oxidation sites excluding steroid dienone is 1. The van der Waals surface area contributed by atoms with E-state index in [0.717, 1.165) is 118 Å². The van der Waals surface area contributed by atoms with E-state index in [9.17, 15) is 29.4 Å². The summed E-state index contributed by atoms with van der Waals surface area (Å²) in [5.74, 6) is 2.16. The smallest absolute Gasteiger partial charge is 0.293 e. The Kier molecular flexibility index (Phi) is 25.2. The van der Waals surface area contributed by atoms with Gasteiger partial charge in [0.2, 0.25) is 17.8 Å². The van der Waals surface area contributed by atoms with E-state index in [1.807, 2.05) is 38.4 Å². The average molecular weight is 1390 g/mol. The third kappa shape index (κ3) is 19.9. The van der Waals surface area contributed by atoms with Crippen LogP contribution in [0.5, 0.6) is 0 Å². The Bertz CT molecular complexity index is 3970. The van der Waals surface area contributed by atoms with Crippen molar-refractivity contribution in [3.8, 4) is 11.3 Å². The lowest BCUT2D eigenvalue weighted by Crippen LogP contribution is -2.49. The molecular weight excluding hydrogens is 1290 g/mol. The van der Waals surface area contributed by atoms with Crippen molar-refractivity contribution in [3.05, 3.63) is 107 Å². The summed E-state index contributed by atoms with van der Waals surface area (Å²) in [7, 11) is 0. The summed E-state index contributed by atoms with van der Waals surface area (Å²) in [5.41, 5.74) is 21.4. The van der Waals surface area contributed by atoms with Crippen molar-refractivity contribution in [2.24, 2.45) is 28.8 Å². The van der Waals surface area contributed by atoms with Gasteiger partial charge in [-0.25, -0.2) is 34.6 Å². The number of hydrogen-bond donors (Lipinski definition) is 5. The average Bonchev–Trinajstić information content (AvgIpc) is 1.63. The molecule has 0 radical (unpaired) electrons. The van der Waals surface area contributed by atoms with Crippen LogP contribution in [0.15, 0.2) is 88.7 Å². The molecule has 0 unspecified atom stereocenters. The number of carbonyl (C=O) groups is 4. The number of oxazole rings is 1. The van der Waals surface area contributed by atoms with Gasteiger partial charge in [-0.2, -0.15) is 10.1 Å². The van der Waals surface area contributed by atoms with Gasteiger partial charge in [-0.3, -0.25) is 24.1 Å². The van der Waals surface area contributed by atoms with Crippen molar-refractivity contribution in [1.29, 1.82) is 0 Å². The van der Waals surface area contributed by atoms with Gasteiger partial charge in [-0.1, -0.05) is 57.1 Å². The molecule has 11 rings (SSSR count). The minimum absolute atomic E-state index is 0.0181. The highest BCUT2D eigenvalue weighted by atomic mass is 16.6. The monoisotopic (exact) mass is 1390 g/mol. The Hall–Kier alpha value is -9.25. The highest BCUT2D eigenvalue weighted by Crippen LogP contribution is 2.34. The van der Waals surface area contributed by atoms with Crippen LogP contribution >= 0.6 is 0 Å². The summed E-state index contributed by atoms with van der Waals surface area (Å²) in [6, 6.07) is 11.9. The second-order valence-electron chi connectivity index (χ2n) is 28.0. The quantitative estimate of drug-likeness (QED) is 0.00917. The number of nitrogen functional groups attached to an aromatic ring is 2. The maximum absolute atomic E-state index is 13.8. The van der Waals surface area contributed by atoms with Crippen molar-refractivity contribution in [2.45, 2.75) is 150 Å². The summed E-state index contributed by atoms with van der Waals surface area (Å²) in [6.45, 7) is 19.2. The van der Waals surface area contributed by atoms with Gasteiger partial charge < -0.3 is 65.3 Å². The van der Waals surface area contributed by atoms with Gasteiger partial charge in [-0.15, -0.1) is 0 Å². The van der Waals surface area contributed by atoms with Crippen molar-refractivity contribution < 1.29 is 48.1 Å². The van der Waals surface area contributed by atoms with Gasteiger partial charge in [0.05, 0.1) is 55.0 Å². The second-order valence-corrected chi connectivity index (χ2v) is 28.0. The van der Waals surface area contributed by atoms with E-state index in [-0.39, 0.29) is 67.4 Å². The normalized spacial score (nSPS) is 18.4. The van der Waals surface area contributed by atoms with E-state index >= 15 is 0 Å². The number of nitrogens with one attached hydrogen (secondary N) is 1. The van der Waals surface area contributed by atoms with Gasteiger partial charge in [0.1, 0.15) is 29.5 Å². The van der Waals surface area contributed by atoms with Crippen LogP contribution in [-0.4, -0.2) is 203 Å². The number of carbonyl (C=O) groups excluding carboxylic acids is 4. The molecular formula is C73H98N18O10. The lowest BCUT2D eigenvalue weighted by Gasteiger charge is -2.35. The Labute approximate surface area is 589 Å². The molecule has 0 bridgehead atoms. The van der Waals surface area contributed by atoms with Crippen LogP contribution in [0.1, 0.15) is 138 Å². The van der Waals surface area contributed by atoms with E-state index in [1.54, 1.807) is 30.9 Å². The number of rotatable bonds is 32. The van der Waals surface area contributed by atoms with E-state index < -0.39 is 6.10 Å². The number of aromatic nitrogens is 9. The van der Waals surface area contributed by atoms with Crippen LogP contribution in [0.2, 0.25) is 0 Å². The van der Waals surface area contributed by atoms with Gasteiger partial charge >= 0.3 is 0 Å². The molecule has 1 aliphatic carbocycles. The number of nitrogens with two attached hydrogens (primary N) is 2. The Morgan fingerprint density at radius 1 is 0.812 bits per heavy atom. The van der Waals surface area contributed by atoms with Crippen molar-refractivity contribution in [3.63, 3.8) is 0 Å². The first kappa shape index (κ1) is 73.0. The molecule has 5 aromatic heterocycles. The molecule has 4 aliphatic rings. The maximum Gasteiger partial charge on any atom is 0.293 e. The van der Waals surface area contributed by atoms with Crippen molar-refractivity contribution in [2.75, 3.05) is 107 Å². The maximum atomic E-state index is 13.8. The summed E-state index contributed by atoms with van der Waals surface area (Å²) in [6.07, 6.45) is 18.2. The Balaban J connectivity index is 0.541. The van der Waals surface area contributed by atoms with Crippen molar-refractivity contribution >= 4 is 75.8 Å². The van der Waals surface area contributed by atoms with Crippen LogP contribution in [0, 0.1) is 23.7 Å². The number of oxime groups is 1. The number of hydrogen-bond acceptors (Lipinski definition) is 24. The number of aliphatic hydroxyl groups is 2. The topological polar surface area (TPSA) is 350 Å². The molecule has 3 aliphatic heterocycles. The number of ether oxygens (including phenoxy) is 2. The summed E-state index contributed by atoms with van der Waals surface area (Å²) >= 11 is 0. The zero-order valence-corrected chi connectivity index (χ0v) is 58.9. The molecule has 540 valence electrons. The van der Waals surface area contributed by atoms with Crippen LogP contribution in [0.3, 0.4) is 0 Å². The van der Waals surface area contributed by atoms with Gasteiger partial charge in [-0.05, 0) is 135 Å². The van der Waals surface area contributed by atoms with Crippen LogP contribution in [0.25, 0.3) is 33.4 Å². The molecule has 0 spiro atoms. The highest BCUT2D eigenvalue weighted by Gasteiger charge is 2.29. The molecule has 28 nitrogen and oxygen atoms in total. The predicted octanol–water partition coefficient (Wildman–Crippen LogP) is 7.16. The third-order valence-corrected chi connectivity index (χ3v) is 19.9. The number of nitrogens with zero attached hydrogens (tertiary/aromatic N) is 15. The van der Waals surface area contributed by atoms with E-state index in [0.29, 0.717) is 147 Å². The zero-order valence-electron chi connectivity index (χ0n) is 58.9. The molecule has 8 heterocycles. The molecule has 4 atom stereocenters. The molecule has 1 saturated carbocycles. The first-order chi connectivity index (χ1) is 48.9. The Morgan fingerprint density at radius 2 is 1.54 bits per heavy atom. The molecule has 101 heavy (non-hydrogen) atoms. The summed E-state index contributed by atoms with van der Waals surface area (Å²) in [5, 5.41) is 34.1. The third-order valence-electron chi connectivity index (χ3n) is 19.9. The minimum atomic E-state index is -0.785. The number of anilines is 4. The molecule has 3 amide bonds. The molecule has 7 N–H and O–H groups in total. The summed E-state index contributed by atoms with van der Waals surface area (Å²) < 4.78 is 18.7. The standard InChI is InChI=1S/C73H98N18O10/c1-47(2)32-49(4)60(36-62(94)50(5)33-48(3)6-15-59(99-46-92)16-10-51-8-13-58(93)14-9-51)85-100-44-64(95)76-37-53-38-77-72(78-39-53)89-27-25-87(26-28-89)65(96)19-30-98-31-29-86-21-23-88(24-22-86)73-79-40-57(41-80-73)70(97)90-20-18-54-34-52(7-11-56(54)43-90)42-91-69-66(68(74)81-45-82-69)67(84-91)55-12-17-63-61(35-55)83-71(75)101-63/h7,11-12,17,33-35,38-41,45-49,51,58-59,62,93-94H,6,8-10,13-16,18-32,36-37,42-44H2,1-5H3,(H2,75,83)(H,76,95)(H2,74,81,82)/b50-33+,85-60-/t48-,49+,51-,58-,59-,62-/m0/s1. The first-order valence-corrected chi connectivity index (χ1v) is 35.7. The highest BCUT2D eigenvalue weighted by molar-refractivity contribution is 5.99. The number of fused-ring (bicyclic) bond motifs is 3. The Morgan fingerprint density at radius 3 is 2.28 bits per heavy atom. The van der Waals surface area contributed by atoms with E-state index in [2.05, 4.69) is 107 Å². The molecule has 7 aromatic rings. The lowest BCUT2D eigenvalue weighted by atomic mass is 9.83. The van der Waals surface area contributed by atoms with Crippen molar-refractivity contribution in [1.82, 2.24) is 64.7 Å². The van der Waals surface area contributed by atoms with Gasteiger partial charge in [0, 0.05) is 121 Å². The number of amides is 3. The number of benzene rings is 2. The SMILES string of the molecule is C/C(=C\[C@@H](C)CC[C@@H](CC[C@H]1CC[C@H](O)CC1)OC=O)[C@@H](O)C/C(=N/OCC(=O)NCc1cnc(N2CCN(C(=O)CCOCCN3CCN(c4ncc(C(=O)N5CCc6cc(Cn7nc(-c8ccc9oc(N)nc9c8)c8c(N)ncnc87)ccc6C5)cn4)CC3)CC2)nc1)[C@H](C)CC(C)C. The van der Waals surface area contributed by atoms with Crippen LogP contribution in [0.4, 0.5) is 23.7 Å². The molecule has 28 heteroatoms. The fourth-order valence-corrected chi connectivity index (χ4v) is 14.1. The zero-order chi connectivity index (χ0) is 70.9. The van der Waals surface area contributed by atoms with Crippen LogP contribution < -0.4 is 26.6 Å². The van der Waals surface area contributed by atoms with Crippen LogP contribution in [-0.2, 0) is 54.8 Å². The minimum Gasteiger partial charge on any atom is -0.465 e. The second kappa shape index (κ2) is 34.9. The summed E-state index contributed by atoms with van der Waals surface area (Å²) in [4.78, 5) is 98.6. The lowest BCUT2D eigenvalue weighted by molar-refractivity contribution is -0.134. The van der Waals surface area contributed by atoms with E-state index in [4.69, 9.17) is 35.3 Å². The van der Waals surface area contributed by atoms with Gasteiger partial charge in [0.15, 0.2) is 17.8 Å². The first-order valence-electron chi connectivity index (χ1n) is 35.7. The van der Waals surface area contributed by atoms with E-state index in [1.165, 1.54) is 11.9 Å². The molecule has 3 fully saturated rings. The fourth-order valence-electron chi connectivity index (χ4n) is 14.1. The fraction of sp³-hybridized carbons (Fsp3) is 0.548. The largest absolute Gasteiger partial charge is 0.465 e. The predicted molar refractivity (Wildman–Crippen MR) is 383 cm³/mol. The van der Waals surface area contributed by atoms with Gasteiger partial charge in [0.25, 0.3) is 24.3 Å². The number of piperazine rings is 2. The number of aliphatic hydroxyl groups excluding tert-OH is 2. The molecule has 2 saturated heterocycles. The molecule has 2 aromatic carbocycles.